The van der Waals surface area contributed by atoms with Crippen LogP contribution in [-0.4, -0.2) is 10.7 Å². The fourth-order valence-corrected chi connectivity index (χ4v) is 3.29. The van der Waals surface area contributed by atoms with E-state index in [2.05, 4.69) is 5.32 Å². The number of ketones is 1. The maximum Gasteiger partial charge on any atom is 0.269 e. The quantitative estimate of drug-likeness (QED) is 0.260. The third kappa shape index (κ3) is 5.34. The molecule has 0 fully saturated rings. The Labute approximate surface area is 178 Å². The predicted molar refractivity (Wildman–Crippen MR) is 116 cm³/mol. The number of nitro benzene ring substituents is 1. The molecule has 3 aromatic rings. The molecule has 5 nitrogen and oxygen atoms in total. The van der Waals surface area contributed by atoms with Gasteiger partial charge in [-0.2, -0.15) is 0 Å². The number of non-ortho nitro benzene ring substituents is 1. The van der Waals surface area contributed by atoms with Crippen molar-refractivity contribution in [2.45, 2.75) is 19.4 Å². The first-order chi connectivity index (χ1) is 13.8. The van der Waals surface area contributed by atoms with Crippen molar-refractivity contribution in [1.82, 2.24) is 0 Å². The Bertz CT molecular complexity index is 1050. The van der Waals surface area contributed by atoms with Gasteiger partial charge in [-0.15, -0.1) is 0 Å². The van der Waals surface area contributed by atoms with Crippen LogP contribution in [0.3, 0.4) is 0 Å². The Kier molecular flexibility index (Phi) is 6.52. The standard InChI is InChI=1S/C22H18Cl2N2O3/c1-14-3-2-4-16(11-14)22(27)13-21(15-5-10-19(23)20(24)12-15)25-17-6-8-18(9-7-17)26(28)29/h2-12,21,25H,13H2,1H3. The Balaban J connectivity index is 1.89. The van der Waals surface area contributed by atoms with Crippen LogP contribution in [0.4, 0.5) is 11.4 Å². The van der Waals surface area contributed by atoms with E-state index in [-0.39, 0.29) is 23.9 Å². The summed E-state index contributed by atoms with van der Waals surface area (Å²) in [5, 5.41) is 15.0. The molecule has 1 atom stereocenters. The molecule has 0 aliphatic rings. The van der Waals surface area contributed by atoms with E-state index in [4.69, 9.17) is 23.2 Å². The van der Waals surface area contributed by atoms with Gasteiger partial charge < -0.3 is 5.32 Å². The molecule has 0 aromatic heterocycles. The first-order valence-corrected chi connectivity index (χ1v) is 9.65. The van der Waals surface area contributed by atoms with Gasteiger partial charge in [-0.3, -0.25) is 14.9 Å². The van der Waals surface area contributed by atoms with Gasteiger partial charge in [0.05, 0.1) is 21.0 Å². The van der Waals surface area contributed by atoms with Crippen molar-refractivity contribution in [1.29, 1.82) is 0 Å². The summed E-state index contributed by atoms with van der Waals surface area (Å²) in [6.07, 6.45) is 0.179. The van der Waals surface area contributed by atoms with Gasteiger partial charge in [0.15, 0.2) is 5.78 Å². The molecular formula is C22H18Cl2N2O3. The molecule has 0 bridgehead atoms. The number of nitrogens with zero attached hydrogens (tertiary/aromatic N) is 1. The summed E-state index contributed by atoms with van der Waals surface area (Å²) in [4.78, 5) is 23.3. The maximum atomic E-state index is 12.9. The van der Waals surface area contributed by atoms with Crippen molar-refractivity contribution in [2.24, 2.45) is 0 Å². The second kappa shape index (κ2) is 9.07. The van der Waals surface area contributed by atoms with E-state index in [1.807, 2.05) is 25.1 Å². The fourth-order valence-electron chi connectivity index (χ4n) is 2.98. The van der Waals surface area contributed by atoms with Crippen LogP contribution >= 0.6 is 23.2 Å². The summed E-state index contributed by atoms with van der Waals surface area (Å²) in [6.45, 7) is 1.93. The number of anilines is 1. The lowest BCUT2D eigenvalue weighted by Gasteiger charge is -2.20. The number of hydrogen-bond acceptors (Lipinski definition) is 4. The summed E-state index contributed by atoms with van der Waals surface area (Å²) in [7, 11) is 0. The minimum atomic E-state index is -0.457. The third-order valence-electron chi connectivity index (χ3n) is 4.49. The topological polar surface area (TPSA) is 72.2 Å². The van der Waals surface area contributed by atoms with Crippen molar-refractivity contribution in [3.8, 4) is 0 Å². The Hall–Kier alpha value is -2.89. The highest BCUT2D eigenvalue weighted by atomic mass is 35.5. The smallest absolute Gasteiger partial charge is 0.269 e. The second-order valence-corrected chi connectivity index (χ2v) is 7.49. The highest BCUT2D eigenvalue weighted by molar-refractivity contribution is 6.42. The van der Waals surface area contributed by atoms with E-state index < -0.39 is 4.92 Å². The Morgan fingerprint density at radius 1 is 1.03 bits per heavy atom. The van der Waals surface area contributed by atoms with E-state index in [1.165, 1.54) is 12.1 Å². The number of carbonyl (C=O) groups is 1. The second-order valence-electron chi connectivity index (χ2n) is 6.67. The molecule has 0 radical (unpaired) electrons. The van der Waals surface area contributed by atoms with Gasteiger partial charge in [0, 0.05) is 29.8 Å². The van der Waals surface area contributed by atoms with Crippen molar-refractivity contribution in [3.05, 3.63) is 104 Å². The molecule has 0 aliphatic heterocycles. The summed E-state index contributed by atoms with van der Waals surface area (Å²) < 4.78 is 0. The third-order valence-corrected chi connectivity index (χ3v) is 5.23. The zero-order valence-corrected chi connectivity index (χ0v) is 17.1. The molecule has 3 rings (SSSR count). The number of aryl methyl sites for hydroxylation is 1. The van der Waals surface area contributed by atoms with Crippen LogP contribution in [0.25, 0.3) is 0 Å². The van der Waals surface area contributed by atoms with Gasteiger partial charge in [-0.25, -0.2) is 0 Å². The van der Waals surface area contributed by atoms with Crippen molar-refractivity contribution in [3.63, 3.8) is 0 Å². The average molecular weight is 429 g/mol. The van der Waals surface area contributed by atoms with E-state index >= 15 is 0 Å². The van der Waals surface area contributed by atoms with Gasteiger partial charge in [0.1, 0.15) is 0 Å². The number of halogens is 2. The molecule has 1 N–H and O–H groups in total. The number of hydrogen-bond donors (Lipinski definition) is 1. The Morgan fingerprint density at radius 3 is 2.38 bits per heavy atom. The molecule has 0 saturated heterocycles. The monoisotopic (exact) mass is 428 g/mol. The molecule has 148 valence electrons. The van der Waals surface area contributed by atoms with Crippen molar-refractivity contribution in [2.75, 3.05) is 5.32 Å². The van der Waals surface area contributed by atoms with Gasteiger partial charge in [0.25, 0.3) is 5.69 Å². The number of nitrogens with one attached hydrogen (secondary N) is 1. The molecule has 29 heavy (non-hydrogen) atoms. The van der Waals surface area contributed by atoms with Crippen LogP contribution in [0.2, 0.25) is 10.0 Å². The first-order valence-electron chi connectivity index (χ1n) is 8.89. The van der Waals surface area contributed by atoms with Crippen LogP contribution in [0.1, 0.15) is 33.9 Å². The number of nitro groups is 1. The fraction of sp³-hybridized carbons (Fsp3) is 0.136. The lowest BCUT2D eigenvalue weighted by molar-refractivity contribution is -0.384. The molecule has 0 heterocycles. The summed E-state index contributed by atoms with van der Waals surface area (Å²) >= 11 is 12.2. The summed E-state index contributed by atoms with van der Waals surface area (Å²) in [5.41, 5.74) is 3.07. The number of carbonyl (C=O) groups excluding carboxylic acids is 1. The lowest BCUT2D eigenvalue weighted by Crippen LogP contribution is -2.16. The van der Waals surface area contributed by atoms with E-state index in [1.54, 1.807) is 36.4 Å². The van der Waals surface area contributed by atoms with Crippen LogP contribution in [-0.2, 0) is 0 Å². The van der Waals surface area contributed by atoms with Gasteiger partial charge in [-0.1, -0.05) is 53.0 Å². The van der Waals surface area contributed by atoms with Crippen LogP contribution in [0.15, 0.2) is 66.7 Å². The van der Waals surface area contributed by atoms with Crippen molar-refractivity contribution < 1.29 is 9.72 Å². The molecule has 0 amide bonds. The zero-order valence-electron chi connectivity index (χ0n) is 15.6. The molecule has 0 aliphatic carbocycles. The highest BCUT2D eigenvalue weighted by Crippen LogP contribution is 2.30. The first kappa shape index (κ1) is 20.8. The molecule has 0 spiro atoms. The van der Waals surface area contributed by atoms with Crippen LogP contribution in [0.5, 0.6) is 0 Å². The minimum absolute atomic E-state index is 0.00234. The van der Waals surface area contributed by atoms with Gasteiger partial charge in [0.2, 0.25) is 0 Å². The number of benzene rings is 3. The summed E-state index contributed by atoms with van der Waals surface area (Å²) in [6, 6.07) is 18.3. The van der Waals surface area contributed by atoms with Crippen LogP contribution in [0, 0.1) is 17.0 Å². The SMILES string of the molecule is Cc1cccc(C(=O)CC(Nc2ccc([N+](=O)[O-])cc2)c2ccc(Cl)c(Cl)c2)c1. The van der Waals surface area contributed by atoms with Crippen LogP contribution < -0.4 is 5.32 Å². The van der Waals surface area contributed by atoms with E-state index in [0.717, 1.165) is 11.1 Å². The molecule has 7 heteroatoms. The number of rotatable bonds is 7. The maximum absolute atomic E-state index is 12.9. The summed E-state index contributed by atoms with van der Waals surface area (Å²) in [5.74, 6) is -0.0285. The Morgan fingerprint density at radius 2 is 1.76 bits per heavy atom. The average Bonchev–Trinajstić information content (AvgIpc) is 2.70. The van der Waals surface area contributed by atoms with Crippen molar-refractivity contribution >= 4 is 40.4 Å². The molecule has 0 saturated carbocycles. The van der Waals surface area contributed by atoms with Gasteiger partial charge in [-0.05, 0) is 42.8 Å². The number of Topliss-reactive ketones (excluding diaryl/α,β-unsaturated/α-hetero) is 1. The normalized spacial score (nSPS) is 11.7. The zero-order chi connectivity index (χ0) is 21.0. The molecule has 1 unspecified atom stereocenters. The van der Waals surface area contributed by atoms with E-state index in [9.17, 15) is 14.9 Å². The van der Waals surface area contributed by atoms with Gasteiger partial charge >= 0.3 is 0 Å². The van der Waals surface area contributed by atoms with E-state index in [0.29, 0.717) is 21.3 Å². The minimum Gasteiger partial charge on any atom is -0.378 e. The molecule has 3 aromatic carbocycles. The lowest BCUT2D eigenvalue weighted by atomic mass is 9.97. The highest BCUT2D eigenvalue weighted by Gasteiger charge is 2.19. The largest absolute Gasteiger partial charge is 0.378 e. The molecular weight excluding hydrogens is 411 g/mol. The predicted octanol–water partition coefficient (Wildman–Crippen LogP) is 6.64.